The molecule has 0 amide bonds. The number of nitrogen functional groups attached to an aromatic ring is 1. The Balaban J connectivity index is 2.55. The van der Waals surface area contributed by atoms with E-state index in [4.69, 9.17) is 20.3 Å². The first-order valence-corrected chi connectivity index (χ1v) is 4.37. The predicted molar refractivity (Wildman–Crippen MR) is 54.5 cm³/mol. The molecule has 0 aliphatic heterocycles. The first-order chi connectivity index (χ1) is 6.63. The highest BCUT2D eigenvalue weighted by molar-refractivity contribution is 5.55. The topological polar surface area (TPSA) is 64.7 Å². The summed E-state index contributed by atoms with van der Waals surface area (Å²) in [6, 6.07) is 4.74. The molecule has 4 nitrogen and oxygen atoms in total. The van der Waals surface area contributed by atoms with Crippen LogP contribution in [0, 0.1) is 0 Å². The molecule has 0 saturated carbocycles. The number of methoxy groups -OCH3 is 1. The van der Waals surface area contributed by atoms with Crippen LogP contribution in [0.1, 0.15) is 6.92 Å². The number of phenols is 1. The molecular formula is C10H15NO3. The van der Waals surface area contributed by atoms with Crippen molar-refractivity contribution in [2.75, 3.05) is 19.5 Å². The number of benzene rings is 1. The Morgan fingerprint density at radius 2 is 2.21 bits per heavy atom. The zero-order valence-corrected chi connectivity index (χ0v) is 8.36. The second-order valence-electron chi connectivity index (χ2n) is 3.08. The Bertz CT molecular complexity index is 301. The summed E-state index contributed by atoms with van der Waals surface area (Å²) < 4.78 is 10.4. The SMILES string of the molecule is CO[C@@H](C)COc1ccc(O)c(N)c1. The van der Waals surface area contributed by atoms with E-state index in [1.54, 1.807) is 19.2 Å². The van der Waals surface area contributed by atoms with Gasteiger partial charge in [-0.1, -0.05) is 0 Å². The van der Waals surface area contributed by atoms with Gasteiger partial charge < -0.3 is 20.3 Å². The minimum absolute atomic E-state index is 0.0324. The Morgan fingerprint density at radius 3 is 2.79 bits per heavy atom. The lowest BCUT2D eigenvalue weighted by molar-refractivity contribution is 0.0717. The van der Waals surface area contributed by atoms with E-state index in [1.807, 2.05) is 6.92 Å². The molecule has 0 saturated heterocycles. The summed E-state index contributed by atoms with van der Waals surface area (Å²) in [6.07, 6.45) is 0.0324. The number of ether oxygens (including phenoxy) is 2. The fourth-order valence-electron chi connectivity index (χ4n) is 0.904. The highest BCUT2D eigenvalue weighted by Gasteiger charge is 2.02. The first-order valence-electron chi connectivity index (χ1n) is 4.37. The maximum absolute atomic E-state index is 9.16. The third-order valence-corrected chi connectivity index (χ3v) is 1.89. The lowest BCUT2D eigenvalue weighted by atomic mass is 10.3. The summed E-state index contributed by atoms with van der Waals surface area (Å²) in [4.78, 5) is 0. The Hall–Kier alpha value is -1.42. The van der Waals surface area contributed by atoms with Gasteiger partial charge in [-0.05, 0) is 19.1 Å². The Labute approximate surface area is 83.3 Å². The highest BCUT2D eigenvalue weighted by atomic mass is 16.5. The van der Waals surface area contributed by atoms with Gasteiger partial charge in [0.2, 0.25) is 0 Å². The highest BCUT2D eigenvalue weighted by Crippen LogP contribution is 2.24. The van der Waals surface area contributed by atoms with Crippen LogP contribution in [0.3, 0.4) is 0 Å². The second-order valence-corrected chi connectivity index (χ2v) is 3.08. The maximum Gasteiger partial charge on any atom is 0.138 e. The molecule has 78 valence electrons. The summed E-state index contributed by atoms with van der Waals surface area (Å²) in [5.74, 6) is 0.696. The lowest BCUT2D eigenvalue weighted by Crippen LogP contribution is -2.15. The van der Waals surface area contributed by atoms with Crippen molar-refractivity contribution in [3.8, 4) is 11.5 Å². The van der Waals surface area contributed by atoms with Gasteiger partial charge >= 0.3 is 0 Å². The third kappa shape index (κ3) is 2.81. The molecule has 0 radical (unpaired) electrons. The van der Waals surface area contributed by atoms with Crippen LogP contribution in [0.4, 0.5) is 5.69 Å². The molecule has 0 bridgehead atoms. The van der Waals surface area contributed by atoms with E-state index in [0.717, 1.165) is 0 Å². The van der Waals surface area contributed by atoms with E-state index in [9.17, 15) is 0 Å². The molecule has 14 heavy (non-hydrogen) atoms. The molecule has 0 spiro atoms. The average Bonchev–Trinajstić information content (AvgIpc) is 2.19. The van der Waals surface area contributed by atoms with E-state index < -0.39 is 0 Å². The van der Waals surface area contributed by atoms with Gasteiger partial charge in [0.15, 0.2) is 0 Å². The van der Waals surface area contributed by atoms with Crippen LogP contribution in [0.25, 0.3) is 0 Å². The summed E-state index contributed by atoms with van der Waals surface area (Å²) >= 11 is 0. The molecule has 0 aliphatic rings. The monoisotopic (exact) mass is 197 g/mol. The predicted octanol–water partition coefficient (Wildman–Crippen LogP) is 1.39. The van der Waals surface area contributed by atoms with Crippen LogP contribution in [0.15, 0.2) is 18.2 Å². The molecule has 1 aromatic rings. The molecule has 1 aromatic carbocycles. The molecule has 0 aromatic heterocycles. The van der Waals surface area contributed by atoms with Crippen LogP contribution < -0.4 is 10.5 Å². The molecule has 4 heteroatoms. The van der Waals surface area contributed by atoms with Crippen LogP contribution in [0.5, 0.6) is 11.5 Å². The van der Waals surface area contributed by atoms with Gasteiger partial charge in [0.25, 0.3) is 0 Å². The van der Waals surface area contributed by atoms with Crippen LogP contribution >= 0.6 is 0 Å². The maximum atomic E-state index is 9.16. The van der Waals surface area contributed by atoms with Crippen LogP contribution in [-0.4, -0.2) is 24.9 Å². The number of hydrogen-bond donors (Lipinski definition) is 2. The molecule has 3 N–H and O–H groups in total. The third-order valence-electron chi connectivity index (χ3n) is 1.89. The molecule has 0 fully saturated rings. The molecule has 1 rings (SSSR count). The van der Waals surface area contributed by atoms with Crippen molar-refractivity contribution in [2.24, 2.45) is 0 Å². The lowest BCUT2D eigenvalue weighted by Gasteiger charge is -2.11. The summed E-state index contributed by atoms with van der Waals surface area (Å²) in [5, 5.41) is 9.16. The molecular weight excluding hydrogens is 182 g/mol. The number of phenolic OH excluding ortho intramolecular Hbond substituents is 1. The van der Waals surface area contributed by atoms with E-state index >= 15 is 0 Å². The van der Waals surface area contributed by atoms with Gasteiger partial charge in [-0.2, -0.15) is 0 Å². The van der Waals surface area contributed by atoms with Crippen molar-refractivity contribution >= 4 is 5.69 Å². The zero-order valence-electron chi connectivity index (χ0n) is 8.36. The normalized spacial score (nSPS) is 12.4. The minimum atomic E-state index is 0.0324. The van der Waals surface area contributed by atoms with E-state index in [-0.39, 0.29) is 11.9 Å². The van der Waals surface area contributed by atoms with Crippen molar-refractivity contribution in [2.45, 2.75) is 13.0 Å². The van der Waals surface area contributed by atoms with E-state index in [1.165, 1.54) is 6.07 Å². The molecule has 1 atom stereocenters. The summed E-state index contributed by atoms with van der Waals surface area (Å²) in [7, 11) is 1.62. The van der Waals surface area contributed by atoms with Gasteiger partial charge in [0.1, 0.15) is 18.1 Å². The fraction of sp³-hybridized carbons (Fsp3) is 0.400. The average molecular weight is 197 g/mol. The van der Waals surface area contributed by atoms with Crippen molar-refractivity contribution < 1.29 is 14.6 Å². The summed E-state index contributed by atoms with van der Waals surface area (Å²) in [5.41, 5.74) is 5.81. The Kier molecular flexibility index (Phi) is 3.59. The van der Waals surface area contributed by atoms with Gasteiger partial charge in [-0.15, -0.1) is 0 Å². The van der Waals surface area contributed by atoms with Crippen LogP contribution in [-0.2, 0) is 4.74 Å². The number of aromatic hydroxyl groups is 1. The van der Waals surface area contributed by atoms with Gasteiger partial charge in [-0.25, -0.2) is 0 Å². The largest absolute Gasteiger partial charge is 0.506 e. The number of anilines is 1. The number of hydrogen-bond acceptors (Lipinski definition) is 4. The second kappa shape index (κ2) is 4.72. The number of nitrogens with two attached hydrogens (primary N) is 1. The van der Waals surface area contributed by atoms with Crippen molar-refractivity contribution in [3.63, 3.8) is 0 Å². The molecule has 0 unspecified atom stereocenters. The number of rotatable bonds is 4. The summed E-state index contributed by atoms with van der Waals surface area (Å²) in [6.45, 7) is 2.37. The fourth-order valence-corrected chi connectivity index (χ4v) is 0.904. The van der Waals surface area contributed by atoms with Gasteiger partial charge in [0, 0.05) is 13.2 Å². The van der Waals surface area contributed by atoms with E-state index in [0.29, 0.717) is 18.0 Å². The smallest absolute Gasteiger partial charge is 0.138 e. The van der Waals surface area contributed by atoms with Gasteiger partial charge in [0.05, 0.1) is 11.8 Å². The minimum Gasteiger partial charge on any atom is -0.506 e. The Morgan fingerprint density at radius 1 is 1.50 bits per heavy atom. The standard InChI is InChI=1S/C10H15NO3/c1-7(13-2)6-14-8-3-4-10(12)9(11)5-8/h3-5,7,12H,6,11H2,1-2H3/t7-/m0/s1. The molecule has 0 aliphatic carbocycles. The van der Waals surface area contributed by atoms with Crippen molar-refractivity contribution in [1.82, 2.24) is 0 Å². The van der Waals surface area contributed by atoms with Crippen molar-refractivity contribution in [1.29, 1.82) is 0 Å². The van der Waals surface area contributed by atoms with Crippen LogP contribution in [0.2, 0.25) is 0 Å². The van der Waals surface area contributed by atoms with Crippen molar-refractivity contribution in [3.05, 3.63) is 18.2 Å². The van der Waals surface area contributed by atoms with E-state index in [2.05, 4.69) is 0 Å². The van der Waals surface area contributed by atoms with Gasteiger partial charge in [-0.3, -0.25) is 0 Å². The first kappa shape index (κ1) is 10.7. The molecule has 0 heterocycles. The zero-order chi connectivity index (χ0) is 10.6. The quantitative estimate of drug-likeness (QED) is 0.565.